The molecule has 0 spiro atoms. The van der Waals surface area contributed by atoms with E-state index in [1.807, 2.05) is 6.92 Å². The predicted molar refractivity (Wildman–Crippen MR) is 48.1 cm³/mol. The van der Waals surface area contributed by atoms with Gasteiger partial charge in [0.05, 0.1) is 11.7 Å². The Balaban J connectivity index is 2.94. The number of hydrogen-bond donors (Lipinski definition) is 2. The Bertz CT molecular complexity index is 335. The summed E-state index contributed by atoms with van der Waals surface area (Å²) in [5.74, 6) is -1.08. The number of aliphatic hydroxyl groups is 1. The number of nitrogens with zero attached hydrogens (tertiary/aromatic N) is 3. The molecule has 6 nitrogen and oxygen atoms in total. The normalized spacial score (nSPS) is 12.8. The number of carbonyl (C=O) groups is 1. The molecule has 0 aliphatic carbocycles. The van der Waals surface area contributed by atoms with Crippen molar-refractivity contribution in [1.82, 2.24) is 15.0 Å². The van der Waals surface area contributed by atoms with Gasteiger partial charge in [0, 0.05) is 6.61 Å². The van der Waals surface area contributed by atoms with Gasteiger partial charge in [-0.05, 0) is 20.3 Å². The molecule has 2 N–H and O–H groups in total. The third kappa shape index (κ3) is 1.90. The van der Waals surface area contributed by atoms with Crippen LogP contribution in [0.3, 0.4) is 0 Å². The Kier molecular flexibility index (Phi) is 3.19. The van der Waals surface area contributed by atoms with Crippen LogP contribution in [0.4, 0.5) is 0 Å². The van der Waals surface area contributed by atoms with Gasteiger partial charge in [0.2, 0.25) is 0 Å². The second kappa shape index (κ2) is 4.19. The van der Waals surface area contributed by atoms with Gasteiger partial charge in [-0.1, -0.05) is 5.21 Å². The highest BCUT2D eigenvalue weighted by molar-refractivity contribution is 5.86. The van der Waals surface area contributed by atoms with Crippen molar-refractivity contribution in [3.63, 3.8) is 0 Å². The molecule has 1 atom stereocenters. The van der Waals surface area contributed by atoms with Crippen LogP contribution in [0.2, 0.25) is 0 Å². The van der Waals surface area contributed by atoms with Crippen molar-refractivity contribution in [2.24, 2.45) is 0 Å². The fraction of sp³-hybridized carbons (Fsp3) is 0.625. The summed E-state index contributed by atoms with van der Waals surface area (Å²) in [4.78, 5) is 10.7. The van der Waals surface area contributed by atoms with Gasteiger partial charge in [-0.3, -0.25) is 0 Å². The first-order valence-corrected chi connectivity index (χ1v) is 4.33. The molecule has 0 radical (unpaired) electrons. The molecule has 0 bridgehead atoms. The van der Waals surface area contributed by atoms with Crippen LogP contribution in [-0.4, -0.2) is 37.8 Å². The SMILES string of the molecule is Cc1c(C(=O)O)nnn1C(C)CCO. The topological polar surface area (TPSA) is 88.2 Å². The second-order valence-corrected chi connectivity index (χ2v) is 3.13. The summed E-state index contributed by atoms with van der Waals surface area (Å²) in [5, 5.41) is 24.7. The van der Waals surface area contributed by atoms with E-state index in [0.717, 1.165) is 0 Å². The van der Waals surface area contributed by atoms with E-state index in [2.05, 4.69) is 10.3 Å². The van der Waals surface area contributed by atoms with Gasteiger partial charge in [-0.15, -0.1) is 5.10 Å². The first-order valence-electron chi connectivity index (χ1n) is 4.33. The van der Waals surface area contributed by atoms with Crippen molar-refractivity contribution < 1.29 is 15.0 Å². The number of rotatable bonds is 4. The maximum atomic E-state index is 10.7. The number of hydrogen-bond acceptors (Lipinski definition) is 4. The van der Waals surface area contributed by atoms with Crippen molar-refractivity contribution in [3.8, 4) is 0 Å². The zero-order valence-corrected chi connectivity index (χ0v) is 8.14. The molecule has 1 aromatic rings. The lowest BCUT2D eigenvalue weighted by Crippen LogP contribution is -2.11. The quantitative estimate of drug-likeness (QED) is 0.724. The van der Waals surface area contributed by atoms with E-state index in [4.69, 9.17) is 10.2 Å². The van der Waals surface area contributed by atoms with Crippen LogP contribution < -0.4 is 0 Å². The summed E-state index contributed by atoms with van der Waals surface area (Å²) in [7, 11) is 0. The van der Waals surface area contributed by atoms with E-state index in [9.17, 15) is 4.79 Å². The van der Waals surface area contributed by atoms with Gasteiger partial charge in [0.1, 0.15) is 0 Å². The van der Waals surface area contributed by atoms with Gasteiger partial charge in [-0.2, -0.15) is 0 Å². The molecule has 14 heavy (non-hydrogen) atoms. The minimum absolute atomic E-state index is 0.0326. The van der Waals surface area contributed by atoms with Crippen LogP contribution in [-0.2, 0) is 0 Å². The Morgan fingerprint density at radius 1 is 1.64 bits per heavy atom. The van der Waals surface area contributed by atoms with E-state index in [-0.39, 0.29) is 18.3 Å². The summed E-state index contributed by atoms with van der Waals surface area (Å²) < 4.78 is 1.51. The fourth-order valence-corrected chi connectivity index (χ4v) is 1.27. The highest BCUT2D eigenvalue weighted by atomic mass is 16.4. The largest absolute Gasteiger partial charge is 0.476 e. The number of aliphatic hydroxyl groups excluding tert-OH is 1. The van der Waals surface area contributed by atoms with E-state index < -0.39 is 5.97 Å². The second-order valence-electron chi connectivity index (χ2n) is 3.13. The summed E-state index contributed by atoms with van der Waals surface area (Å²) >= 11 is 0. The van der Waals surface area contributed by atoms with Crippen molar-refractivity contribution in [1.29, 1.82) is 0 Å². The van der Waals surface area contributed by atoms with Gasteiger partial charge in [0.15, 0.2) is 5.69 Å². The van der Waals surface area contributed by atoms with Crippen LogP contribution >= 0.6 is 0 Å². The predicted octanol–water partition coefficient (Wildman–Crippen LogP) is 0.228. The van der Waals surface area contributed by atoms with E-state index in [0.29, 0.717) is 12.1 Å². The van der Waals surface area contributed by atoms with E-state index in [1.54, 1.807) is 6.92 Å². The van der Waals surface area contributed by atoms with Crippen molar-refractivity contribution >= 4 is 5.97 Å². The maximum absolute atomic E-state index is 10.7. The number of carboxylic acid groups (broad SMARTS) is 1. The highest BCUT2D eigenvalue weighted by Crippen LogP contribution is 2.13. The Labute approximate surface area is 81.2 Å². The molecule has 0 aliphatic heterocycles. The molecule has 1 unspecified atom stereocenters. The van der Waals surface area contributed by atoms with Crippen molar-refractivity contribution in [2.45, 2.75) is 26.3 Å². The highest BCUT2D eigenvalue weighted by Gasteiger charge is 2.17. The number of aromatic carboxylic acids is 1. The lowest BCUT2D eigenvalue weighted by Gasteiger charge is -2.10. The average molecular weight is 199 g/mol. The first kappa shape index (κ1) is 10.6. The lowest BCUT2D eigenvalue weighted by atomic mass is 10.2. The molecule has 6 heteroatoms. The molecule has 0 aliphatic rings. The first-order chi connectivity index (χ1) is 6.57. The number of aromatic nitrogens is 3. The molecule has 0 saturated carbocycles. The molecule has 1 rings (SSSR count). The summed E-state index contributed by atoms with van der Waals surface area (Å²) in [6.07, 6.45) is 0.531. The molecular formula is C8H13N3O3. The van der Waals surface area contributed by atoms with Gasteiger partial charge in [-0.25, -0.2) is 9.48 Å². The van der Waals surface area contributed by atoms with Crippen LogP contribution in [0.5, 0.6) is 0 Å². The molecule has 1 heterocycles. The summed E-state index contributed by atoms with van der Waals surface area (Å²) in [5.41, 5.74) is 0.480. The third-order valence-corrected chi connectivity index (χ3v) is 2.09. The molecule has 0 saturated heterocycles. The smallest absolute Gasteiger partial charge is 0.358 e. The molecule has 0 amide bonds. The molecule has 78 valence electrons. The fourth-order valence-electron chi connectivity index (χ4n) is 1.27. The zero-order valence-electron chi connectivity index (χ0n) is 8.14. The summed E-state index contributed by atoms with van der Waals surface area (Å²) in [6.45, 7) is 3.55. The standard InChI is InChI=1S/C8H13N3O3/c1-5(3-4-12)11-6(2)7(8(13)14)9-10-11/h5,12H,3-4H2,1-2H3,(H,13,14). The zero-order chi connectivity index (χ0) is 10.7. The minimum atomic E-state index is -1.08. The number of carboxylic acids is 1. The average Bonchev–Trinajstić information content (AvgIpc) is 2.47. The Morgan fingerprint density at radius 3 is 2.71 bits per heavy atom. The Hall–Kier alpha value is -1.43. The molecular weight excluding hydrogens is 186 g/mol. The Morgan fingerprint density at radius 2 is 2.29 bits per heavy atom. The van der Waals surface area contributed by atoms with Gasteiger partial charge < -0.3 is 10.2 Å². The monoisotopic (exact) mass is 199 g/mol. The van der Waals surface area contributed by atoms with Gasteiger partial charge >= 0.3 is 5.97 Å². The molecule has 1 aromatic heterocycles. The van der Waals surface area contributed by atoms with E-state index in [1.165, 1.54) is 4.68 Å². The van der Waals surface area contributed by atoms with Crippen LogP contribution in [0.1, 0.15) is 35.6 Å². The molecule has 0 aromatic carbocycles. The summed E-state index contributed by atoms with van der Waals surface area (Å²) in [6, 6.07) is -0.0411. The maximum Gasteiger partial charge on any atom is 0.358 e. The van der Waals surface area contributed by atoms with Crippen LogP contribution in [0, 0.1) is 6.92 Å². The lowest BCUT2D eigenvalue weighted by molar-refractivity contribution is 0.0689. The van der Waals surface area contributed by atoms with Gasteiger partial charge in [0.25, 0.3) is 0 Å². The third-order valence-electron chi connectivity index (χ3n) is 2.09. The molecule has 0 fully saturated rings. The van der Waals surface area contributed by atoms with Crippen molar-refractivity contribution in [3.05, 3.63) is 11.4 Å². The van der Waals surface area contributed by atoms with E-state index >= 15 is 0 Å². The van der Waals surface area contributed by atoms with Crippen molar-refractivity contribution in [2.75, 3.05) is 6.61 Å². The minimum Gasteiger partial charge on any atom is -0.476 e. The van der Waals surface area contributed by atoms with Crippen LogP contribution in [0.25, 0.3) is 0 Å². The van der Waals surface area contributed by atoms with Crippen LogP contribution in [0.15, 0.2) is 0 Å².